The highest BCUT2D eigenvalue weighted by Crippen LogP contribution is 2.42. The van der Waals surface area contributed by atoms with Crippen molar-refractivity contribution in [2.75, 3.05) is 0 Å². The molecule has 3 nitrogen and oxygen atoms in total. The van der Waals surface area contributed by atoms with Gasteiger partial charge in [-0.2, -0.15) is 0 Å². The van der Waals surface area contributed by atoms with Crippen molar-refractivity contribution in [1.82, 2.24) is 4.72 Å². The average Bonchev–Trinajstić information content (AvgIpc) is 2.47. The van der Waals surface area contributed by atoms with Crippen molar-refractivity contribution in [2.24, 2.45) is 5.92 Å². The summed E-state index contributed by atoms with van der Waals surface area (Å²) in [5.74, 6) is 0.0425. The quantitative estimate of drug-likeness (QED) is 0.820. The SMILES string of the molecule is C=C(C)[C@H](C)[C@@]1(C)NS(=O)(=O)c2ccccc21. The molecule has 92 valence electrons. The summed E-state index contributed by atoms with van der Waals surface area (Å²) in [5, 5.41) is 0. The minimum absolute atomic E-state index is 0.0425. The lowest BCUT2D eigenvalue weighted by Gasteiger charge is -2.32. The summed E-state index contributed by atoms with van der Waals surface area (Å²) in [6.07, 6.45) is 0. The zero-order valence-electron chi connectivity index (χ0n) is 10.3. The van der Waals surface area contributed by atoms with Crippen molar-refractivity contribution in [1.29, 1.82) is 0 Å². The first-order valence-electron chi connectivity index (χ1n) is 5.58. The van der Waals surface area contributed by atoms with E-state index in [0.717, 1.165) is 11.1 Å². The molecule has 0 saturated heterocycles. The molecule has 1 aliphatic heterocycles. The topological polar surface area (TPSA) is 46.2 Å². The van der Waals surface area contributed by atoms with Crippen LogP contribution in [0.5, 0.6) is 0 Å². The van der Waals surface area contributed by atoms with Crippen LogP contribution in [0.2, 0.25) is 0 Å². The van der Waals surface area contributed by atoms with E-state index in [-0.39, 0.29) is 5.92 Å². The Morgan fingerprint density at radius 1 is 1.41 bits per heavy atom. The van der Waals surface area contributed by atoms with Crippen LogP contribution in [0.3, 0.4) is 0 Å². The van der Waals surface area contributed by atoms with Crippen molar-refractivity contribution >= 4 is 10.0 Å². The molecule has 0 radical (unpaired) electrons. The lowest BCUT2D eigenvalue weighted by Crippen LogP contribution is -2.42. The van der Waals surface area contributed by atoms with Gasteiger partial charge in [0.15, 0.2) is 0 Å². The van der Waals surface area contributed by atoms with Gasteiger partial charge in [0, 0.05) is 0 Å². The van der Waals surface area contributed by atoms with E-state index in [0.29, 0.717) is 4.90 Å². The van der Waals surface area contributed by atoms with Gasteiger partial charge in [-0.1, -0.05) is 37.3 Å². The van der Waals surface area contributed by atoms with E-state index < -0.39 is 15.6 Å². The fourth-order valence-corrected chi connectivity index (χ4v) is 4.12. The van der Waals surface area contributed by atoms with Crippen molar-refractivity contribution in [3.8, 4) is 0 Å². The second-order valence-electron chi connectivity index (χ2n) is 4.87. The van der Waals surface area contributed by atoms with Crippen LogP contribution in [0.4, 0.5) is 0 Å². The Balaban J connectivity index is 2.66. The van der Waals surface area contributed by atoms with Gasteiger partial charge in [0.2, 0.25) is 10.0 Å². The highest BCUT2D eigenvalue weighted by molar-refractivity contribution is 7.89. The number of hydrogen-bond donors (Lipinski definition) is 1. The number of sulfonamides is 1. The maximum Gasteiger partial charge on any atom is 0.241 e. The molecule has 1 aliphatic rings. The van der Waals surface area contributed by atoms with E-state index in [1.807, 2.05) is 32.9 Å². The third-order valence-electron chi connectivity index (χ3n) is 3.69. The van der Waals surface area contributed by atoms with Crippen molar-refractivity contribution < 1.29 is 8.42 Å². The summed E-state index contributed by atoms with van der Waals surface area (Å²) in [5.41, 5.74) is 1.20. The van der Waals surface area contributed by atoms with Crippen molar-refractivity contribution in [3.05, 3.63) is 42.0 Å². The molecule has 1 heterocycles. The Labute approximate surface area is 103 Å². The fraction of sp³-hybridized carbons (Fsp3) is 0.385. The molecule has 0 aromatic heterocycles. The first-order chi connectivity index (χ1) is 7.79. The molecule has 0 saturated carbocycles. The maximum absolute atomic E-state index is 12.1. The van der Waals surface area contributed by atoms with Crippen molar-refractivity contribution in [2.45, 2.75) is 31.2 Å². The Morgan fingerprint density at radius 2 is 2.00 bits per heavy atom. The highest BCUT2D eigenvalue weighted by atomic mass is 32.2. The number of fused-ring (bicyclic) bond motifs is 1. The van der Waals surface area contributed by atoms with Gasteiger partial charge >= 0.3 is 0 Å². The molecule has 0 unspecified atom stereocenters. The van der Waals surface area contributed by atoms with Crippen LogP contribution >= 0.6 is 0 Å². The zero-order valence-corrected chi connectivity index (χ0v) is 11.1. The lowest BCUT2D eigenvalue weighted by atomic mass is 9.78. The predicted octanol–water partition coefficient (Wildman–Crippen LogP) is 2.41. The van der Waals surface area contributed by atoms with E-state index >= 15 is 0 Å². The number of benzene rings is 1. The predicted molar refractivity (Wildman–Crippen MR) is 68.1 cm³/mol. The minimum Gasteiger partial charge on any atom is -0.207 e. The second kappa shape index (κ2) is 3.68. The van der Waals surface area contributed by atoms with Crippen LogP contribution in [0.25, 0.3) is 0 Å². The van der Waals surface area contributed by atoms with Crippen LogP contribution in [0.15, 0.2) is 41.3 Å². The molecule has 0 fully saturated rings. The lowest BCUT2D eigenvalue weighted by molar-refractivity contribution is 0.339. The van der Waals surface area contributed by atoms with Gasteiger partial charge in [0.1, 0.15) is 0 Å². The standard InChI is InChI=1S/C13H17NO2S/c1-9(2)10(3)13(4)11-7-5-6-8-12(11)17(15,16)14-13/h5-8,10,14H,1H2,2-4H3/t10-,13+/m0/s1. The monoisotopic (exact) mass is 251 g/mol. The first-order valence-corrected chi connectivity index (χ1v) is 7.06. The Hall–Kier alpha value is -1.13. The second-order valence-corrected chi connectivity index (χ2v) is 6.52. The van der Waals surface area contributed by atoms with Gasteiger partial charge < -0.3 is 0 Å². The normalized spacial score (nSPS) is 27.5. The molecular formula is C13H17NO2S. The summed E-state index contributed by atoms with van der Waals surface area (Å²) in [7, 11) is -3.38. The number of nitrogens with one attached hydrogen (secondary N) is 1. The van der Waals surface area contributed by atoms with E-state index in [2.05, 4.69) is 11.3 Å². The molecule has 1 aromatic rings. The fourth-order valence-electron chi connectivity index (χ4n) is 2.33. The highest BCUT2D eigenvalue weighted by Gasteiger charge is 2.46. The van der Waals surface area contributed by atoms with E-state index in [1.165, 1.54) is 0 Å². The zero-order chi connectivity index (χ0) is 12.8. The Kier molecular flexibility index (Phi) is 2.67. The molecule has 1 aromatic carbocycles. The summed E-state index contributed by atoms with van der Waals surface area (Å²) < 4.78 is 26.9. The smallest absolute Gasteiger partial charge is 0.207 e. The molecular weight excluding hydrogens is 234 g/mol. The molecule has 1 N–H and O–H groups in total. The first kappa shape index (κ1) is 12.3. The Bertz CT molecular complexity index is 577. The van der Waals surface area contributed by atoms with E-state index in [1.54, 1.807) is 12.1 Å². The third kappa shape index (κ3) is 1.72. The summed E-state index contributed by atoms with van der Waals surface area (Å²) in [4.78, 5) is 0.385. The van der Waals surface area contributed by atoms with Crippen LogP contribution in [0.1, 0.15) is 26.3 Å². The van der Waals surface area contributed by atoms with Crippen LogP contribution in [0, 0.1) is 5.92 Å². The molecule has 17 heavy (non-hydrogen) atoms. The largest absolute Gasteiger partial charge is 0.241 e. The van der Waals surface area contributed by atoms with Gasteiger partial charge in [-0.15, -0.1) is 0 Å². The minimum atomic E-state index is -3.38. The number of rotatable bonds is 2. The summed E-state index contributed by atoms with van der Waals surface area (Å²) in [6.45, 7) is 9.76. The third-order valence-corrected chi connectivity index (χ3v) is 5.32. The van der Waals surface area contributed by atoms with Gasteiger partial charge in [-0.05, 0) is 31.4 Å². The van der Waals surface area contributed by atoms with Gasteiger partial charge in [-0.25, -0.2) is 13.1 Å². The molecule has 2 rings (SSSR count). The average molecular weight is 251 g/mol. The summed E-state index contributed by atoms with van der Waals surface area (Å²) in [6, 6.07) is 7.13. The summed E-state index contributed by atoms with van der Waals surface area (Å²) >= 11 is 0. The van der Waals surface area contributed by atoms with Gasteiger partial charge in [0.25, 0.3) is 0 Å². The van der Waals surface area contributed by atoms with Gasteiger partial charge in [-0.3, -0.25) is 0 Å². The molecule has 0 amide bonds. The number of hydrogen-bond acceptors (Lipinski definition) is 2. The molecule has 0 aliphatic carbocycles. The van der Waals surface area contributed by atoms with Crippen molar-refractivity contribution in [3.63, 3.8) is 0 Å². The molecule has 0 spiro atoms. The van der Waals surface area contributed by atoms with E-state index in [4.69, 9.17) is 0 Å². The van der Waals surface area contributed by atoms with Crippen LogP contribution in [-0.4, -0.2) is 8.42 Å². The maximum atomic E-state index is 12.1. The van der Waals surface area contributed by atoms with Gasteiger partial charge in [0.05, 0.1) is 10.4 Å². The molecule has 4 heteroatoms. The van der Waals surface area contributed by atoms with Crippen LogP contribution in [-0.2, 0) is 15.6 Å². The van der Waals surface area contributed by atoms with E-state index in [9.17, 15) is 8.42 Å². The Morgan fingerprint density at radius 3 is 2.59 bits per heavy atom. The molecule has 2 atom stereocenters. The molecule has 0 bridgehead atoms. The van der Waals surface area contributed by atoms with Crippen LogP contribution < -0.4 is 4.72 Å².